The molecule has 0 aliphatic carbocycles. The normalized spacial score (nSPS) is 18.1. The number of nitro benzene ring substituents is 1. The number of benzene rings is 1. The molecule has 1 atom stereocenters. The highest BCUT2D eigenvalue weighted by Gasteiger charge is 2.25. The van der Waals surface area contributed by atoms with E-state index in [0.717, 1.165) is 32.2 Å². The number of nitrogens with zero attached hydrogens (tertiary/aromatic N) is 2. The average Bonchev–Trinajstić information content (AvgIpc) is 2.53. The van der Waals surface area contributed by atoms with E-state index in [1.807, 2.05) is 4.90 Å². The van der Waals surface area contributed by atoms with Crippen molar-refractivity contribution in [2.24, 2.45) is 0 Å². The summed E-state index contributed by atoms with van der Waals surface area (Å²) in [6.07, 6.45) is 4.13. The third kappa shape index (κ3) is 3.88. The Morgan fingerprint density at radius 2 is 2.27 bits per heavy atom. The van der Waals surface area contributed by atoms with Crippen molar-refractivity contribution in [3.63, 3.8) is 0 Å². The fraction of sp³-hybridized carbons (Fsp3) is 0.533. The van der Waals surface area contributed by atoms with Gasteiger partial charge in [-0.15, -0.1) is 0 Å². The van der Waals surface area contributed by atoms with Gasteiger partial charge in [0, 0.05) is 24.7 Å². The van der Waals surface area contributed by atoms with Crippen LogP contribution in [0.25, 0.3) is 0 Å². The van der Waals surface area contributed by atoms with Crippen LogP contribution in [0.2, 0.25) is 5.02 Å². The molecule has 2 rings (SSSR count). The summed E-state index contributed by atoms with van der Waals surface area (Å²) in [4.78, 5) is 24.3. The maximum absolute atomic E-state index is 12.3. The Hall–Kier alpha value is -1.82. The van der Waals surface area contributed by atoms with Crippen molar-refractivity contribution < 1.29 is 14.5 Å². The molecule has 1 heterocycles. The number of piperidine rings is 1. The quantitative estimate of drug-likeness (QED) is 0.614. The molecular weight excluding hydrogens is 308 g/mol. The summed E-state index contributed by atoms with van der Waals surface area (Å²) in [5, 5.41) is 10.8. The highest BCUT2D eigenvalue weighted by Crippen LogP contribution is 2.29. The number of non-ortho nitro benzene ring substituents is 1. The number of likely N-dealkylation sites (tertiary alicyclic amines) is 1. The Balaban J connectivity index is 1.97. The molecule has 7 heteroatoms. The van der Waals surface area contributed by atoms with Crippen LogP contribution in [0, 0.1) is 10.1 Å². The molecule has 0 saturated carbocycles. The predicted octanol–water partition coefficient (Wildman–Crippen LogP) is 3.42. The lowest BCUT2D eigenvalue weighted by Crippen LogP contribution is -2.45. The summed E-state index contributed by atoms with van der Waals surface area (Å²) in [6, 6.07) is 4.22. The van der Waals surface area contributed by atoms with Crippen LogP contribution >= 0.6 is 11.6 Å². The van der Waals surface area contributed by atoms with Gasteiger partial charge >= 0.3 is 0 Å². The Bertz CT molecular complexity index is 564. The van der Waals surface area contributed by atoms with Crippen molar-refractivity contribution in [1.82, 2.24) is 4.90 Å². The summed E-state index contributed by atoms with van der Waals surface area (Å²) < 4.78 is 5.43. The number of hydrogen-bond donors (Lipinski definition) is 0. The van der Waals surface area contributed by atoms with Gasteiger partial charge in [0.2, 0.25) is 0 Å². The van der Waals surface area contributed by atoms with Crippen molar-refractivity contribution in [3.05, 3.63) is 33.3 Å². The lowest BCUT2D eigenvalue weighted by molar-refractivity contribution is -0.384. The summed E-state index contributed by atoms with van der Waals surface area (Å²) in [7, 11) is 0. The van der Waals surface area contributed by atoms with Crippen molar-refractivity contribution in [3.8, 4) is 5.75 Å². The molecule has 6 nitrogen and oxygen atoms in total. The first kappa shape index (κ1) is 16.5. The van der Waals surface area contributed by atoms with Crippen LogP contribution in [-0.4, -0.2) is 34.9 Å². The molecule has 1 saturated heterocycles. The van der Waals surface area contributed by atoms with Gasteiger partial charge in [-0.1, -0.05) is 18.5 Å². The van der Waals surface area contributed by atoms with Crippen molar-refractivity contribution >= 4 is 23.2 Å². The van der Waals surface area contributed by atoms with Crippen molar-refractivity contribution in [1.29, 1.82) is 0 Å². The molecular formula is C15H19ClN2O4. The number of nitro groups is 1. The highest BCUT2D eigenvalue weighted by molar-refractivity contribution is 6.32. The first-order valence-electron chi connectivity index (χ1n) is 7.39. The predicted molar refractivity (Wildman–Crippen MR) is 83.2 cm³/mol. The van der Waals surface area contributed by atoms with Crippen LogP contribution in [-0.2, 0) is 4.79 Å². The number of rotatable bonds is 5. The van der Waals surface area contributed by atoms with E-state index >= 15 is 0 Å². The lowest BCUT2D eigenvalue weighted by Gasteiger charge is -2.35. The molecule has 0 spiro atoms. The van der Waals surface area contributed by atoms with E-state index in [-0.39, 0.29) is 35.0 Å². The smallest absolute Gasteiger partial charge is 0.271 e. The van der Waals surface area contributed by atoms with Crippen LogP contribution < -0.4 is 4.74 Å². The lowest BCUT2D eigenvalue weighted by atomic mass is 10.00. The number of ether oxygens (including phenoxy) is 1. The minimum Gasteiger partial charge on any atom is -0.482 e. The molecule has 0 bridgehead atoms. The number of carbonyl (C=O) groups is 1. The molecule has 1 aromatic carbocycles. The summed E-state index contributed by atoms with van der Waals surface area (Å²) in [5.74, 6) is 0.214. The maximum atomic E-state index is 12.3. The standard InChI is InChI=1S/C15H19ClN2O4/c1-2-11-5-3-4-8-17(11)15(19)10-22-14-7-6-12(18(20)21)9-13(14)16/h6-7,9,11H,2-5,8,10H2,1H3. The zero-order chi connectivity index (χ0) is 16.1. The first-order chi connectivity index (χ1) is 10.5. The minimum absolute atomic E-state index is 0.0685. The maximum Gasteiger partial charge on any atom is 0.271 e. The molecule has 1 fully saturated rings. The molecule has 120 valence electrons. The van der Waals surface area contributed by atoms with Gasteiger partial charge in [0.05, 0.1) is 9.95 Å². The number of amides is 1. The van der Waals surface area contributed by atoms with Gasteiger partial charge in [-0.2, -0.15) is 0 Å². The molecule has 22 heavy (non-hydrogen) atoms. The molecule has 1 amide bonds. The van der Waals surface area contributed by atoms with Gasteiger partial charge in [0.1, 0.15) is 5.75 Å². The molecule has 0 radical (unpaired) electrons. The van der Waals surface area contributed by atoms with E-state index < -0.39 is 4.92 Å². The average molecular weight is 327 g/mol. The van der Waals surface area contributed by atoms with Gasteiger partial charge in [0.25, 0.3) is 11.6 Å². The second kappa shape index (κ2) is 7.45. The van der Waals surface area contributed by atoms with E-state index in [4.69, 9.17) is 16.3 Å². The number of hydrogen-bond acceptors (Lipinski definition) is 4. The Morgan fingerprint density at radius 3 is 2.91 bits per heavy atom. The molecule has 1 aliphatic rings. The minimum atomic E-state index is -0.527. The van der Waals surface area contributed by atoms with Crippen molar-refractivity contribution in [2.75, 3.05) is 13.2 Å². The fourth-order valence-electron chi connectivity index (χ4n) is 2.70. The SMILES string of the molecule is CCC1CCCCN1C(=O)COc1ccc([N+](=O)[O-])cc1Cl. The van der Waals surface area contributed by atoms with Gasteiger partial charge in [-0.25, -0.2) is 0 Å². The number of carbonyl (C=O) groups excluding carboxylic acids is 1. The molecule has 1 aromatic rings. The third-order valence-corrected chi connectivity index (χ3v) is 4.19. The van der Waals surface area contributed by atoms with E-state index in [1.165, 1.54) is 18.2 Å². The molecule has 1 unspecified atom stereocenters. The Morgan fingerprint density at radius 1 is 1.50 bits per heavy atom. The van der Waals surface area contributed by atoms with Gasteiger partial charge in [-0.05, 0) is 31.7 Å². The van der Waals surface area contributed by atoms with Gasteiger partial charge < -0.3 is 9.64 Å². The Kier molecular flexibility index (Phi) is 5.60. The molecule has 1 aliphatic heterocycles. The first-order valence-corrected chi connectivity index (χ1v) is 7.77. The second-order valence-electron chi connectivity index (χ2n) is 5.31. The topological polar surface area (TPSA) is 72.7 Å². The van der Waals surface area contributed by atoms with E-state index in [0.29, 0.717) is 0 Å². The van der Waals surface area contributed by atoms with E-state index in [1.54, 1.807) is 0 Å². The zero-order valence-corrected chi connectivity index (χ0v) is 13.2. The van der Waals surface area contributed by atoms with E-state index in [9.17, 15) is 14.9 Å². The third-order valence-electron chi connectivity index (χ3n) is 3.90. The monoisotopic (exact) mass is 326 g/mol. The zero-order valence-electron chi connectivity index (χ0n) is 12.5. The van der Waals surface area contributed by atoms with Crippen LogP contribution in [0.4, 0.5) is 5.69 Å². The largest absolute Gasteiger partial charge is 0.482 e. The van der Waals surface area contributed by atoms with Gasteiger partial charge in [-0.3, -0.25) is 14.9 Å². The van der Waals surface area contributed by atoms with Crippen LogP contribution in [0.15, 0.2) is 18.2 Å². The highest BCUT2D eigenvalue weighted by atomic mass is 35.5. The summed E-state index contributed by atoms with van der Waals surface area (Å²) >= 11 is 5.94. The Labute approximate surface area is 134 Å². The van der Waals surface area contributed by atoms with Crippen LogP contribution in [0.5, 0.6) is 5.75 Å². The number of halogens is 1. The second-order valence-corrected chi connectivity index (χ2v) is 5.71. The van der Waals surface area contributed by atoms with Crippen LogP contribution in [0.3, 0.4) is 0 Å². The molecule has 0 N–H and O–H groups in total. The summed E-state index contributed by atoms with van der Waals surface area (Å²) in [5.41, 5.74) is -0.106. The summed E-state index contributed by atoms with van der Waals surface area (Å²) in [6.45, 7) is 2.73. The fourth-order valence-corrected chi connectivity index (χ4v) is 2.93. The van der Waals surface area contributed by atoms with Crippen molar-refractivity contribution in [2.45, 2.75) is 38.6 Å². The molecule has 0 aromatic heterocycles. The van der Waals surface area contributed by atoms with E-state index in [2.05, 4.69) is 6.92 Å². The van der Waals surface area contributed by atoms with Gasteiger partial charge in [0.15, 0.2) is 6.61 Å². The van der Waals surface area contributed by atoms with Crippen LogP contribution in [0.1, 0.15) is 32.6 Å².